The lowest BCUT2D eigenvalue weighted by Crippen LogP contribution is -2.05. The Morgan fingerprint density at radius 2 is 1.76 bits per heavy atom. The van der Waals surface area contributed by atoms with Gasteiger partial charge in [0.1, 0.15) is 5.15 Å². The summed E-state index contributed by atoms with van der Waals surface area (Å²) in [7, 11) is -3.58. The molecule has 2 rings (SSSR count). The van der Waals surface area contributed by atoms with Crippen molar-refractivity contribution in [3.05, 3.63) is 40.5 Å². The van der Waals surface area contributed by atoms with Crippen molar-refractivity contribution in [3.8, 4) is 11.3 Å². The monoisotopic (exact) mass is 328 g/mol. The topological polar surface area (TPSA) is 100 Å². The summed E-state index contributed by atoms with van der Waals surface area (Å²) in [5, 5.41) is 18.1. The summed E-state index contributed by atoms with van der Waals surface area (Å²) in [6.45, 7) is -0.448. The van der Waals surface area contributed by atoms with Gasteiger partial charge in [-0.3, -0.25) is 0 Å². The highest BCUT2D eigenvalue weighted by Gasteiger charge is 2.15. The van der Waals surface area contributed by atoms with E-state index in [1.807, 2.05) is 0 Å². The molecule has 21 heavy (non-hydrogen) atoms. The minimum atomic E-state index is -3.58. The van der Waals surface area contributed by atoms with E-state index < -0.39 is 9.84 Å². The van der Waals surface area contributed by atoms with Gasteiger partial charge in [0.05, 0.1) is 18.9 Å². The molecule has 8 heteroatoms. The van der Waals surface area contributed by atoms with E-state index in [4.69, 9.17) is 16.7 Å². The number of aliphatic hydroxyl groups excluding tert-OH is 2. The highest BCUT2D eigenvalue weighted by Crippen LogP contribution is 2.24. The summed E-state index contributed by atoms with van der Waals surface area (Å²) in [6.07, 6.45) is 0.996. The quantitative estimate of drug-likeness (QED) is 0.646. The maximum Gasteiger partial charge on any atom is 0.248 e. The third-order valence-electron chi connectivity index (χ3n) is 2.85. The molecule has 0 fully saturated rings. The fourth-order valence-electron chi connectivity index (χ4n) is 1.80. The first kappa shape index (κ1) is 15.8. The molecule has 0 aliphatic carbocycles. The van der Waals surface area contributed by atoms with Crippen molar-refractivity contribution >= 4 is 21.4 Å². The molecule has 1 heterocycles. The van der Waals surface area contributed by atoms with Crippen LogP contribution in [0.1, 0.15) is 11.1 Å². The van der Waals surface area contributed by atoms with Crippen molar-refractivity contribution in [2.45, 2.75) is 18.4 Å². The Kier molecular flexibility index (Phi) is 4.58. The summed E-state index contributed by atoms with van der Waals surface area (Å²) >= 11 is 5.83. The molecule has 0 radical (unpaired) electrons. The molecule has 0 unspecified atom stereocenters. The van der Waals surface area contributed by atoms with Gasteiger partial charge in [0.15, 0.2) is 0 Å². The Labute approximate surface area is 127 Å². The second kappa shape index (κ2) is 6.07. The molecule has 0 saturated carbocycles. The number of nitrogens with zero attached hydrogens (tertiary/aromatic N) is 2. The molecule has 0 bridgehead atoms. The van der Waals surface area contributed by atoms with E-state index in [2.05, 4.69) is 9.97 Å². The third kappa shape index (κ3) is 3.56. The number of hydrogen-bond donors (Lipinski definition) is 2. The first-order valence-electron chi connectivity index (χ1n) is 5.93. The van der Waals surface area contributed by atoms with Crippen molar-refractivity contribution in [1.29, 1.82) is 0 Å². The summed E-state index contributed by atoms with van der Waals surface area (Å²) < 4.78 is 23.1. The van der Waals surface area contributed by atoms with Crippen molar-refractivity contribution in [1.82, 2.24) is 9.97 Å². The predicted molar refractivity (Wildman–Crippen MR) is 77.4 cm³/mol. The Hall–Kier alpha value is -1.54. The van der Waals surface area contributed by atoms with Crippen molar-refractivity contribution < 1.29 is 18.6 Å². The lowest BCUT2D eigenvalue weighted by Gasteiger charge is -2.09. The van der Waals surface area contributed by atoms with Crippen molar-refractivity contribution in [3.63, 3.8) is 0 Å². The average Bonchev–Trinajstić information content (AvgIpc) is 2.45. The highest BCUT2D eigenvalue weighted by atomic mass is 35.5. The van der Waals surface area contributed by atoms with Gasteiger partial charge in [-0.2, -0.15) is 0 Å². The Bertz CT molecular complexity index is 778. The van der Waals surface area contributed by atoms with Crippen LogP contribution in [0.3, 0.4) is 0 Å². The van der Waals surface area contributed by atoms with Crippen LogP contribution < -0.4 is 0 Å². The number of benzene rings is 1. The second-order valence-electron chi connectivity index (χ2n) is 4.43. The van der Waals surface area contributed by atoms with E-state index in [9.17, 15) is 13.5 Å². The van der Waals surface area contributed by atoms with Crippen molar-refractivity contribution in [2.24, 2.45) is 0 Å². The Morgan fingerprint density at radius 1 is 1.10 bits per heavy atom. The molecule has 1 aromatic heterocycles. The summed E-state index contributed by atoms with van der Waals surface area (Å²) in [5.41, 5.74) is 2.02. The van der Waals surface area contributed by atoms with E-state index in [0.717, 1.165) is 6.26 Å². The summed E-state index contributed by atoms with van der Waals surface area (Å²) in [6, 6.07) is 6.36. The molecule has 0 atom stereocenters. The normalized spacial score (nSPS) is 11.6. The van der Waals surface area contributed by atoms with Gasteiger partial charge >= 0.3 is 0 Å². The molecule has 2 aromatic rings. The summed E-state index contributed by atoms with van der Waals surface area (Å²) in [5.74, 6) is 0. The molecular weight excluding hydrogens is 316 g/mol. The zero-order chi connectivity index (χ0) is 15.6. The molecule has 0 aliphatic rings. The van der Waals surface area contributed by atoms with Crippen LogP contribution in [0.5, 0.6) is 0 Å². The van der Waals surface area contributed by atoms with Crippen LogP contribution in [-0.2, 0) is 23.1 Å². The minimum absolute atomic E-state index is 0.0113. The van der Waals surface area contributed by atoms with E-state index in [1.165, 1.54) is 6.07 Å². The van der Waals surface area contributed by atoms with Crippen LogP contribution in [-0.4, -0.2) is 34.9 Å². The Balaban J connectivity index is 2.59. The maximum atomic E-state index is 11.5. The maximum absolute atomic E-state index is 11.5. The van der Waals surface area contributed by atoms with Gasteiger partial charge in [0.2, 0.25) is 15.0 Å². The predicted octanol–water partition coefficient (Wildman–Crippen LogP) is 1.19. The summed E-state index contributed by atoms with van der Waals surface area (Å²) in [4.78, 5) is 7.66. The molecule has 112 valence electrons. The van der Waals surface area contributed by atoms with Crippen molar-refractivity contribution in [2.75, 3.05) is 6.26 Å². The molecule has 0 amide bonds. The first-order valence-corrected chi connectivity index (χ1v) is 8.20. The first-order chi connectivity index (χ1) is 9.85. The zero-order valence-corrected chi connectivity index (χ0v) is 12.7. The molecule has 6 nitrogen and oxygen atoms in total. The number of aromatic nitrogens is 2. The van der Waals surface area contributed by atoms with Crippen LogP contribution in [0, 0.1) is 0 Å². The SMILES string of the molecule is CS(=O)(=O)c1nc(Cl)cc(-c2ccc(CO)c(CO)c2)n1. The smallest absolute Gasteiger partial charge is 0.248 e. The van der Waals surface area contributed by atoms with Crippen LogP contribution >= 0.6 is 11.6 Å². The average molecular weight is 329 g/mol. The number of hydrogen-bond acceptors (Lipinski definition) is 6. The number of rotatable bonds is 4. The molecule has 0 saturated heterocycles. The van der Waals surface area contributed by atoms with E-state index in [0.29, 0.717) is 22.4 Å². The minimum Gasteiger partial charge on any atom is -0.392 e. The van der Waals surface area contributed by atoms with Gasteiger partial charge in [-0.1, -0.05) is 23.7 Å². The fourth-order valence-corrected chi connectivity index (χ4v) is 2.56. The lowest BCUT2D eigenvalue weighted by molar-refractivity contribution is 0.260. The second-order valence-corrected chi connectivity index (χ2v) is 6.73. The van der Waals surface area contributed by atoms with E-state index in [1.54, 1.807) is 18.2 Å². The van der Waals surface area contributed by atoms with Gasteiger partial charge in [-0.25, -0.2) is 18.4 Å². The van der Waals surface area contributed by atoms with Crippen LogP contribution in [0.25, 0.3) is 11.3 Å². The van der Waals surface area contributed by atoms with Gasteiger partial charge in [-0.05, 0) is 17.2 Å². The fraction of sp³-hybridized carbons (Fsp3) is 0.231. The molecule has 0 aliphatic heterocycles. The van der Waals surface area contributed by atoms with E-state index in [-0.39, 0.29) is 23.5 Å². The number of sulfone groups is 1. The van der Waals surface area contributed by atoms with Crippen LogP contribution in [0.2, 0.25) is 5.15 Å². The zero-order valence-electron chi connectivity index (χ0n) is 11.1. The highest BCUT2D eigenvalue weighted by molar-refractivity contribution is 7.90. The van der Waals surface area contributed by atoms with Crippen LogP contribution in [0.15, 0.2) is 29.4 Å². The third-order valence-corrected chi connectivity index (χ3v) is 3.89. The van der Waals surface area contributed by atoms with Gasteiger partial charge in [-0.15, -0.1) is 0 Å². The molecule has 1 aromatic carbocycles. The molecule has 0 spiro atoms. The number of aliphatic hydroxyl groups is 2. The standard InChI is InChI=1S/C13H13ClN2O4S/c1-21(19,20)13-15-11(5-12(14)16-13)8-2-3-9(6-17)10(4-8)7-18/h2-5,17-18H,6-7H2,1H3. The number of halogens is 1. The van der Waals surface area contributed by atoms with Gasteiger partial charge in [0, 0.05) is 17.9 Å². The largest absolute Gasteiger partial charge is 0.392 e. The Morgan fingerprint density at radius 3 is 2.33 bits per heavy atom. The van der Waals surface area contributed by atoms with Gasteiger partial charge in [0.25, 0.3) is 0 Å². The molecular formula is C13H13ClN2O4S. The van der Waals surface area contributed by atoms with Crippen LogP contribution in [0.4, 0.5) is 0 Å². The lowest BCUT2D eigenvalue weighted by atomic mass is 10.0. The molecule has 2 N–H and O–H groups in total. The van der Waals surface area contributed by atoms with E-state index >= 15 is 0 Å². The van der Waals surface area contributed by atoms with Gasteiger partial charge < -0.3 is 10.2 Å².